The first kappa shape index (κ1) is 16.4. The lowest BCUT2D eigenvalue weighted by Crippen LogP contribution is -2.59. The maximum absolute atomic E-state index is 12.8. The molecule has 22 heavy (non-hydrogen) atoms. The number of likely N-dealkylation sites (N-methyl/N-ethyl adjacent to an activating group) is 1. The lowest BCUT2D eigenvalue weighted by Gasteiger charge is -2.35. The lowest BCUT2D eigenvalue weighted by atomic mass is 10.1. The summed E-state index contributed by atoms with van der Waals surface area (Å²) in [6.07, 6.45) is 1.81. The molecule has 1 saturated heterocycles. The smallest absolute Gasteiger partial charge is 0.243 e. The quantitative estimate of drug-likeness (QED) is 0.841. The van der Waals surface area contributed by atoms with Crippen LogP contribution in [0.25, 0.3) is 0 Å². The summed E-state index contributed by atoms with van der Waals surface area (Å²) in [4.78, 5) is 25.8. The fourth-order valence-corrected chi connectivity index (χ4v) is 2.64. The molecule has 1 heterocycles. The van der Waals surface area contributed by atoms with E-state index in [-0.39, 0.29) is 17.6 Å². The molecule has 0 bridgehead atoms. The fraction of sp³-hybridized carbons (Fsp3) is 0.500. The third-order valence-corrected chi connectivity index (χ3v) is 3.88. The van der Waals surface area contributed by atoms with E-state index in [1.807, 2.05) is 0 Å². The molecule has 1 fully saturated rings. The second kappa shape index (κ2) is 7.89. The number of nitrogens with one attached hydrogen (secondary N) is 2. The van der Waals surface area contributed by atoms with Gasteiger partial charge in [-0.1, -0.05) is 12.1 Å². The molecule has 1 atom stereocenters. The van der Waals surface area contributed by atoms with Gasteiger partial charge in [-0.2, -0.15) is 0 Å². The number of aryl methyl sites for hydroxylation is 1. The first-order valence-electron chi connectivity index (χ1n) is 7.58. The van der Waals surface area contributed by atoms with Gasteiger partial charge in [-0.3, -0.25) is 9.59 Å². The molecule has 1 aromatic rings. The second-order valence-corrected chi connectivity index (χ2v) is 5.40. The van der Waals surface area contributed by atoms with Crippen LogP contribution in [-0.4, -0.2) is 49.4 Å². The molecule has 6 heteroatoms. The van der Waals surface area contributed by atoms with Gasteiger partial charge in [0, 0.05) is 33.1 Å². The fourth-order valence-electron chi connectivity index (χ4n) is 2.64. The summed E-state index contributed by atoms with van der Waals surface area (Å²) >= 11 is 0. The van der Waals surface area contributed by atoms with Gasteiger partial charge < -0.3 is 15.5 Å². The lowest BCUT2D eigenvalue weighted by molar-refractivity contribution is -0.141. The number of hydrogen-bond acceptors (Lipinski definition) is 3. The van der Waals surface area contributed by atoms with Gasteiger partial charge in [0.2, 0.25) is 11.8 Å². The van der Waals surface area contributed by atoms with E-state index < -0.39 is 6.04 Å². The van der Waals surface area contributed by atoms with Crippen LogP contribution in [-0.2, 0) is 16.0 Å². The Hall–Kier alpha value is -1.95. The Kier molecular flexibility index (Phi) is 5.89. The van der Waals surface area contributed by atoms with Crippen molar-refractivity contribution in [2.75, 3.05) is 26.7 Å². The molecule has 0 spiro atoms. The van der Waals surface area contributed by atoms with Gasteiger partial charge in [-0.15, -0.1) is 0 Å². The third-order valence-electron chi connectivity index (χ3n) is 3.88. The van der Waals surface area contributed by atoms with Crippen LogP contribution in [0.5, 0.6) is 0 Å². The highest BCUT2D eigenvalue weighted by Gasteiger charge is 2.30. The standard InChI is InChI=1S/C16H22FN3O2/c1-18-16(22)14-11-19-9-10-20(14)15(21)4-2-3-12-5-7-13(17)8-6-12/h5-8,14,19H,2-4,9-11H2,1H3,(H,18,22). The van der Waals surface area contributed by atoms with E-state index in [0.717, 1.165) is 12.0 Å². The Balaban J connectivity index is 1.84. The average molecular weight is 307 g/mol. The number of benzene rings is 1. The van der Waals surface area contributed by atoms with Crippen molar-refractivity contribution in [1.29, 1.82) is 0 Å². The summed E-state index contributed by atoms with van der Waals surface area (Å²) in [5.74, 6) is -0.398. The highest BCUT2D eigenvalue weighted by molar-refractivity contribution is 5.88. The number of hydrogen-bond donors (Lipinski definition) is 2. The zero-order chi connectivity index (χ0) is 15.9. The van der Waals surface area contributed by atoms with E-state index in [9.17, 15) is 14.0 Å². The van der Waals surface area contributed by atoms with Crippen molar-refractivity contribution in [3.8, 4) is 0 Å². The highest BCUT2D eigenvalue weighted by atomic mass is 19.1. The molecular weight excluding hydrogens is 285 g/mol. The molecule has 2 rings (SSSR count). The SMILES string of the molecule is CNC(=O)C1CNCCN1C(=O)CCCc1ccc(F)cc1. The van der Waals surface area contributed by atoms with Gasteiger partial charge in [0.05, 0.1) is 0 Å². The van der Waals surface area contributed by atoms with Crippen molar-refractivity contribution < 1.29 is 14.0 Å². The molecule has 0 saturated carbocycles. The van der Waals surface area contributed by atoms with Gasteiger partial charge in [0.1, 0.15) is 11.9 Å². The van der Waals surface area contributed by atoms with Gasteiger partial charge in [-0.05, 0) is 30.5 Å². The molecule has 120 valence electrons. The summed E-state index contributed by atoms with van der Waals surface area (Å²) in [6.45, 7) is 1.74. The minimum Gasteiger partial charge on any atom is -0.357 e. The van der Waals surface area contributed by atoms with Gasteiger partial charge in [-0.25, -0.2) is 4.39 Å². The molecule has 0 aromatic heterocycles. The van der Waals surface area contributed by atoms with E-state index in [1.54, 1.807) is 24.1 Å². The Morgan fingerprint density at radius 1 is 1.36 bits per heavy atom. The van der Waals surface area contributed by atoms with Crippen molar-refractivity contribution >= 4 is 11.8 Å². The summed E-state index contributed by atoms with van der Waals surface area (Å²) < 4.78 is 12.8. The summed E-state index contributed by atoms with van der Waals surface area (Å²) in [7, 11) is 1.58. The number of carbonyl (C=O) groups is 2. The monoisotopic (exact) mass is 307 g/mol. The number of carbonyl (C=O) groups excluding carboxylic acids is 2. The van der Waals surface area contributed by atoms with Crippen LogP contribution in [0.4, 0.5) is 4.39 Å². The van der Waals surface area contributed by atoms with Crippen molar-refractivity contribution in [3.05, 3.63) is 35.6 Å². The van der Waals surface area contributed by atoms with Crippen LogP contribution >= 0.6 is 0 Å². The van der Waals surface area contributed by atoms with Crippen LogP contribution < -0.4 is 10.6 Å². The van der Waals surface area contributed by atoms with Crippen LogP contribution in [0, 0.1) is 5.82 Å². The van der Waals surface area contributed by atoms with Crippen LogP contribution in [0.2, 0.25) is 0 Å². The molecular formula is C16H22FN3O2. The molecule has 2 N–H and O–H groups in total. The number of piperazine rings is 1. The Labute approximate surface area is 129 Å². The minimum absolute atomic E-state index is 0.00258. The molecule has 1 aliphatic rings. The first-order chi connectivity index (χ1) is 10.6. The van der Waals surface area contributed by atoms with Gasteiger partial charge >= 0.3 is 0 Å². The van der Waals surface area contributed by atoms with Crippen LogP contribution in [0.15, 0.2) is 24.3 Å². The maximum atomic E-state index is 12.8. The Morgan fingerprint density at radius 3 is 2.77 bits per heavy atom. The van der Waals surface area contributed by atoms with E-state index in [2.05, 4.69) is 10.6 Å². The van der Waals surface area contributed by atoms with Gasteiger partial charge in [0.15, 0.2) is 0 Å². The molecule has 2 amide bonds. The molecule has 1 unspecified atom stereocenters. The van der Waals surface area contributed by atoms with E-state index in [4.69, 9.17) is 0 Å². The minimum atomic E-state index is -0.433. The van der Waals surface area contributed by atoms with E-state index >= 15 is 0 Å². The largest absolute Gasteiger partial charge is 0.357 e. The average Bonchev–Trinajstić information content (AvgIpc) is 2.56. The van der Waals surface area contributed by atoms with Gasteiger partial charge in [0.25, 0.3) is 0 Å². The molecule has 1 aromatic carbocycles. The predicted molar refractivity (Wildman–Crippen MR) is 81.8 cm³/mol. The molecule has 1 aliphatic heterocycles. The Bertz CT molecular complexity index is 519. The summed E-state index contributed by atoms with van der Waals surface area (Å²) in [5, 5.41) is 5.73. The van der Waals surface area contributed by atoms with Crippen molar-refractivity contribution in [1.82, 2.24) is 15.5 Å². The molecule has 0 aliphatic carbocycles. The first-order valence-corrected chi connectivity index (χ1v) is 7.58. The molecule has 5 nitrogen and oxygen atoms in total. The van der Waals surface area contributed by atoms with Crippen molar-refractivity contribution in [2.45, 2.75) is 25.3 Å². The number of rotatable bonds is 5. The predicted octanol–water partition coefficient (Wildman–Crippen LogP) is 0.695. The number of halogens is 1. The van der Waals surface area contributed by atoms with Crippen molar-refractivity contribution in [2.24, 2.45) is 0 Å². The third kappa shape index (κ3) is 4.27. The normalized spacial score (nSPS) is 18.1. The second-order valence-electron chi connectivity index (χ2n) is 5.40. The summed E-state index contributed by atoms with van der Waals surface area (Å²) in [6, 6.07) is 5.89. The van der Waals surface area contributed by atoms with Crippen LogP contribution in [0.3, 0.4) is 0 Å². The topological polar surface area (TPSA) is 61.4 Å². The number of amides is 2. The Morgan fingerprint density at radius 2 is 2.09 bits per heavy atom. The zero-order valence-corrected chi connectivity index (χ0v) is 12.8. The zero-order valence-electron chi connectivity index (χ0n) is 12.8. The number of nitrogens with zero attached hydrogens (tertiary/aromatic N) is 1. The maximum Gasteiger partial charge on any atom is 0.243 e. The van der Waals surface area contributed by atoms with E-state index in [0.29, 0.717) is 32.5 Å². The van der Waals surface area contributed by atoms with Crippen molar-refractivity contribution in [3.63, 3.8) is 0 Å². The highest BCUT2D eigenvalue weighted by Crippen LogP contribution is 2.11. The van der Waals surface area contributed by atoms with E-state index in [1.165, 1.54) is 12.1 Å². The summed E-state index contributed by atoms with van der Waals surface area (Å²) in [5.41, 5.74) is 1.01. The van der Waals surface area contributed by atoms with Crippen LogP contribution in [0.1, 0.15) is 18.4 Å². The molecule has 0 radical (unpaired) electrons.